The smallest absolute Gasteiger partial charge is 0.366 e. The van der Waals surface area contributed by atoms with E-state index in [-0.39, 0.29) is 45.7 Å². The van der Waals surface area contributed by atoms with Crippen LogP contribution in [0.1, 0.15) is 0 Å². The SMILES string of the molecule is Fc1c[c]c2[nH]c3ncc(Cl)c(N4CCNC(C(F)(F)F)C4)c3c2c1F. The van der Waals surface area contributed by atoms with Gasteiger partial charge < -0.3 is 15.2 Å². The van der Waals surface area contributed by atoms with E-state index in [9.17, 15) is 22.0 Å². The monoisotopic (exact) mass is 389 g/mol. The Morgan fingerprint density at radius 2 is 2.04 bits per heavy atom. The van der Waals surface area contributed by atoms with Crippen molar-refractivity contribution in [3.8, 4) is 0 Å². The number of anilines is 1. The van der Waals surface area contributed by atoms with Crippen LogP contribution < -0.4 is 10.2 Å². The zero-order valence-electron chi connectivity index (χ0n) is 13.0. The second-order valence-corrected chi connectivity index (χ2v) is 6.41. The van der Waals surface area contributed by atoms with Crippen LogP contribution in [0.3, 0.4) is 0 Å². The summed E-state index contributed by atoms with van der Waals surface area (Å²) in [5, 5.41) is 2.47. The molecule has 1 saturated heterocycles. The van der Waals surface area contributed by atoms with Crippen LogP contribution in [0, 0.1) is 17.7 Å². The predicted molar refractivity (Wildman–Crippen MR) is 87.4 cm³/mol. The molecular formula is C16H11ClF5N4. The van der Waals surface area contributed by atoms with Gasteiger partial charge in [-0.25, -0.2) is 13.8 Å². The maximum atomic E-state index is 14.4. The van der Waals surface area contributed by atoms with E-state index in [1.165, 1.54) is 11.1 Å². The molecule has 1 atom stereocenters. The molecule has 0 amide bonds. The van der Waals surface area contributed by atoms with Crippen molar-refractivity contribution in [2.24, 2.45) is 0 Å². The van der Waals surface area contributed by atoms with Gasteiger partial charge in [0, 0.05) is 25.7 Å². The highest BCUT2D eigenvalue weighted by atomic mass is 35.5. The lowest BCUT2D eigenvalue weighted by molar-refractivity contribution is -0.155. The fraction of sp³-hybridized carbons (Fsp3) is 0.312. The molecule has 0 spiro atoms. The van der Waals surface area contributed by atoms with E-state index in [1.807, 2.05) is 0 Å². The standard InChI is InChI=1S/C16H11ClF5N4/c17-7-5-24-15-12(11-9(25-15)2-1-8(18)13(11)19)14(7)26-4-3-23-10(6-26)16(20,21)22/h1,5,10,23H,3-4,6H2,(H,24,25). The van der Waals surface area contributed by atoms with Gasteiger partial charge >= 0.3 is 6.18 Å². The number of hydrogen-bond donors (Lipinski definition) is 2. The van der Waals surface area contributed by atoms with E-state index in [2.05, 4.69) is 21.4 Å². The first-order valence-electron chi connectivity index (χ1n) is 7.68. The van der Waals surface area contributed by atoms with E-state index in [1.54, 1.807) is 0 Å². The van der Waals surface area contributed by atoms with E-state index < -0.39 is 30.4 Å². The van der Waals surface area contributed by atoms with Gasteiger partial charge in [-0.1, -0.05) is 11.6 Å². The van der Waals surface area contributed by atoms with Crippen molar-refractivity contribution in [1.29, 1.82) is 0 Å². The van der Waals surface area contributed by atoms with Gasteiger partial charge in [-0.15, -0.1) is 0 Å². The van der Waals surface area contributed by atoms with Crippen molar-refractivity contribution in [3.63, 3.8) is 0 Å². The molecule has 1 aromatic carbocycles. The summed E-state index contributed by atoms with van der Waals surface area (Å²) in [6.07, 6.45) is -3.17. The third kappa shape index (κ3) is 2.66. The maximum Gasteiger partial charge on any atom is 0.405 e. The zero-order chi connectivity index (χ0) is 18.6. The average molecular weight is 390 g/mol. The first kappa shape index (κ1) is 17.3. The predicted octanol–water partition coefficient (Wildman–Crippen LogP) is 3.79. The molecule has 1 aliphatic rings. The molecule has 1 radical (unpaired) electrons. The normalized spacial score (nSPS) is 18.8. The number of H-pyrrole nitrogens is 1. The molecule has 3 aromatic rings. The van der Waals surface area contributed by atoms with Crippen LogP contribution in [0.4, 0.5) is 27.6 Å². The summed E-state index contributed by atoms with van der Waals surface area (Å²) in [4.78, 5) is 8.26. The molecule has 4 nitrogen and oxygen atoms in total. The minimum absolute atomic E-state index is 0.0601. The van der Waals surface area contributed by atoms with Gasteiger partial charge in [0.2, 0.25) is 0 Å². The van der Waals surface area contributed by atoms with Crippen LogP contribution in [0.15, 0.2) is 12.3 Å². The number of pyridine rings is 1. The average Bonchev–Trinajstić information content (AvgIpc) is 2.97. The number of aromatic nitrogens is 2. The van der Waals surface area contributed by atoms with Gasteiger partial charge in [0.1, 0.15) is 11.7 Å². The van der Waals surface area contributed by atoms with Crippen LogP contribution in [0.2, 0.25) is 5.02 Å². The van der Waals surface area contributed by atoms with Crippen molar-refractivity contribution < 1.29 is 22.0 Å². The molecule has 2 aromatic heterocycles. The third-order valence-corrected chi connectivity index (χ3v) is 4.69. The lowest BCUT2D eigenvalue weighted by atomic mass is 10.1. The summed E-state index contributed by atoms with van der Waals surface area (Å²) in [5.74, 6) is -2.24. The molecule has 26 heavy (non-hydrogen) atoms. The van der Waals surface area contributed by atoms with Gasteiger partial charge in [0.05, 0.1) is 33.2 Å². The number of nitrogens with zero attached hydrogens (tertiary/aromatic N) is 2. The molecule has 137 valence electrons. The Hall–Kier alpha value is -2.13. The van der Waals surface area contributed by atoms with Crippen LogP contribution in [0.25, 0.3) is 21.9 Å². The number of halogens is 6. The Morgan fingerprint density at radius 3 is 2.77 bits per heavy atom. The lowest BCUT2D eigenvalue weighted by Gasteiger charge is -2.36. The molecule has 0 aliphatic carbocycles. The summed E-state index contributed by atoms with van der Waals surface area (Å²) in [7, 11) is 0. The fourth-order valence-corrected chi connectivity index (χ4v) is 3.51. The first-order chi connectivity index (χ1) is 12.3. The number of aromatic amines is 1. The topological polar surface area (TPSA) is 44.0 Å². The van der Waals surface area contributed by atoms with E-state index in [0.29, 0.717) is 0 Å². The minimum Gasteiger partial charge on any atom is -0.366 e. The van der Waals surface area contributed by atoms with Crippen molar-refractivity contribution in [1.82, 2.24) is 15.3 Å². The Balaban J connectivity index is 1.94. The number of nitrogens with one attached hydrogen (secondary N) is 2. The second-order valence-electron chi connectivity index (χ2n) is 6.00. The van der Waals surface area contributed by atoms with Gasteiger partial charge in [-0.2, -0.15) is 13.2 Å². The van der Waals surface area contributed by atoms with Crippen molar-refractivity contribution in [2.75, 3.05) is 24.5 Å². The van der Waals surface area contributed by atoms with Crippen LogP contribution in [-0.4, -0.2) is 41.8 Å². The molecular weight excluding hydrogens is 379 g/mol. The Labute approximate surface area is 148 Å². The molecule has 3 heterocycles. The van der Waals surface area contributed by atoms with Gasteiger partial charge in [-0.05, 0) is 6.07 Å². The lowest BCUT2D eigenvalue weighted by Crippen LogP contribution is -2.57. The largest absolute Gasteiger partial charge is 0.405 e. The highest BCUT2D eigenvalue weighted by Crippen LogP contribution is 2.40. The minimum atomic E-state index is -4.44. The van der Waals surface area contributed by atoms with E-state index >= 15 is 0 Å². The van der Waals surface area contributed by atoms with Crippen LogP contribution in [0.5, 0.6) is 0 Å². The van der Waals surface area contributed by atoms with Crippen molar-refractivity contribution >= 4 is 39.2 Å². The molecule has 10 heteroatoms. The maximum absolute atomic E-state index is 14.4. The molecule has 1 aliphatic heterocycles. The number of benzene rings is 1. The Morgan fingerprint density at radius 1 is 1.27 bits per heavy atom. The Bertz CT molecular complexity index is 1000. The summed E-state index contributed by atoms with van der Waals surface area (Å²) < 4.78 is 67.4. The number of rotatable bonds is 1. The number of alkyl halides is 3. The third-order valence-electron chi connectivity index (χ3n) is 4.41. The molecule has 1 unspecified atom stereocenters. The highest BCUT2D eigenvalue weighted by molar-refractivity contribution is 6.35. The summed E-state index contributed by atoms with van der Waals surface area (Å²) in [6.45, 7) is -0.121. The number of fused-ring (bicyclic) bond motifs is 3. The summed E-state index contributed by atoms with van der Waals surface area (Å²) in [6, 6.07) is 1.66. The van der Waals surface area contributed by atoms with Crippen molar-refractivity contribution in [2.45, 2.75) is 12.2 Å². The number of piperazine rings is 1. The van der Waals surface area contributed by atoms with Gasteiger partial charge in [0.15, 0.2) is 11.6 Å². The fourth-order valence-electron chi connectivity index (χ4n) is 3.24. The second kappa shape index (κ2) is 5.95. The number of hydrogen-bond acceptors (Lipinski definition) is 3. The van der Waals surface area contributed by atoms with Gasteiger partial charge in [-0.3, -0.25) is 0 Å². The van der Waals surface area contributed by atoms with Gasteiger partial charge in [0.25, 0.3) is 0 Å². The highest BCUT2D eigenvalue weighted by Gasteiger charge is 2.42. The van der Waals surface area contributed by atoms with Crippen molar-refractivity contribution in [3.05, 3.63) is 35.0 Å². The van der Waals surface area contributed by atoms with Crippen LogP contribution >= 0.6 is 11.6 Å². The first-order valence-corrected chi connectivity index (χ1v) is 8.05. The van der Waals surface area contributed by atoms with Crippen LogP contribution in [-0.2, 0) is 0 Å². The summed E-state index contributed by atoms with van der Waals surface area (Å²) in [5.41, 5.74) is 0.552. The van der Waals surface area contributed by atoms with E-state index in [0.717, 1.165) is 6.07 Å². The molecule has 0 saturated carbocycles. The zero-order valence-corrected chi connectivity index (χ0v) is 13.8. The van der Waals surface area contributed by atoms with E-state index in [4.69, 9.17) is 11.6 Å². The quantitative estimate of drug-likeness (QED) is 0.622. The Kier molecular flexibility index (Phi) is 3.96. The summed E-state index contributed by atoms with van der Waals surface area (Å²) >= 11 is 6.20. The molecule has 4 rings (SSSR count). The molecule has 2 N–H and O–H groups in total. The molecule has 0 bridgehead atoms. The molecule has 1 fully saturated rings.